The molecule has 2 fully saturated rings. The van der Waals surface area contributed by atoms with E-state index < -0.39 is 14.6 Å². The van der Waals surface area contributed by atoms with Crippen molar-refractivity contribution in [1.29, 1.82) is 0 Å². The van der Waals surface area contributed by atoms with Gasteiger partial charge in [-0.15, -0.1) is 6.58 Å². The molecule has 3 aliphatic rings. The van der Waals surface area contributed by atoms with Crippen LogP contribution in [0.1, 0.15) is 83.4 Å². The average Bonchev–Trinajstić information content (AvgIpc) is 2.76. The van der Waals surface area contributed by atoms with Crippen molar-refractivity contribution in [2.24, 2.45) is 17.3 Å². The summed E-state index contributed by atoms with van der Waals surface area (Å²) in [5, 5.41) is 11.2. The Morgan fingerprint density at radius 2 is 1.89 bits per heavy atom. The van der Waals surface area contributed by atoms with E-state index in [2.05, 4.69) is 86.3 Å². The topological polar surface area (TPSA) is 57.2 Å². The molecule has 1 aromatic rings. The first-order chi connectivity index (χ1) is 17.1. The molecular weight excluding hydrogens is 480 g/mol. The Bertz CT molecular complexity index is 1020. The molecular formula is C31H50O5Si. The summed E-state index contributed by atoms with van der Waals surface area (Å²) in [5.74, 6) is 1.45. The van der Waals surface area contributed by atoms with Crippen LogP contribution in [0.5, 0.6) is 5.75 Å². The highest BCUT2D eigenvalue weighted by atomic mass is 28.4. The summed E-state index contributed by atoms with van der Waals surface area (Å²) in [6.45, 7) is 25.2. The monoisotopic (exact) mass is 530 g/mol. The van der Waals surface area contributed by atoms with Gasteiger partial charge in [-0.3, -0.25) is 0 Å². The second kappa shape index (κ2) is 9.78. The quantitative estimate of drug-likeness (QED) is 0.232. The molecule has 1 unspecified atom stereocenters. The first-order valence-electron chi connectivity index (χ1n) is 14.0. The Kier molecular flexibility index (Phi) is 7.61. The first-order valence-corrected chi connectivity index (χ1v) is 16.9. The van der Waals surface area contributed by atoms with E-state index in [9.17, 15) is 5.11 Å². The van der Waals surface area contributed by atoms with E-state index in [1.165, 1.54) is 16.7 Å². The molecule has 0 bridgehead atoms. The van der Waals surface area contributed by atoms with Crippen molar-refractivity contribution in [3.63, 3.8) is 0 Å². The highest BCUT2D eigenvalue weighted by Crippen LogP contribution is 2.67. The molecule has 0 spiro atoms. The highest BCUT2D eigenvalue weighted by molar-refractivity contribution is 6.74. The molecule has 0 amide bonds. The Balaban J connectivity index is 1.94. The van der Waals surface area contributed by atoms with E-state index in [4.69, 9.17) is 18.6 Å². The number of fused-ring (bicyclic) bond motifs is 2. The van der Waals surface area contributed by atoms with Gasteiger partial charge in [-0.05, 0) is 66.4 Å². The van der Waals surface area contributed by atoms with Gasteiger partial charge in [0.25, 0.3) is 0 Å². The van der Waals surface area contributed by atoms with Crippen LogP contribution >= 0.6 is 0 Å². The van der Waals surface area contributed by atoms with Gasteiger partial charge in [-0.1, -0.05) is 53.7 Å². The van der Waals surface area contributed by atoms with Crippen molar-refractivity contribution in [3.8, 4) is 5.75 Å². The van der Waals surface area contributed by atoms with E-state index in [0.717, 1.165) is 18.6 Å². The molecule has 4 rings (SSSR count). The maximum absolute atomic E-state index is 11.1. The lowest BCUT2D eigenvalue weighted by Crippen LogP contribution is -2.68. The van der Waals surface area contributed by atoms with Gasteiger partial charge < -0.3 is 23.7 Å². The molecule has 37 heavy (non-hydrogen) atoms. The van der Waals surface area contributed by atoms with Gasteiger partial charge in [-0.25, -0.2) is 0 Å². The molecule has 0 radical (unpaired) electrons. The summed E-state index contributed by atoms with van der Waals surface area (Å²) in [4.78, 5) is 0. The van der Waals surface area contributed by atoms with E-state index in [0.29, 0.717) is 6.42 Å². The van der Waals surface area contributed by atoms with Crippen molar-refractivity contribution >= 4 is 8.32 Å². The van der Waals surface area contributed by atoms with Crippen LogP contribution in [0.4, 0.5) is 0 Å². The minimum absolute atomic E-state index is 0.0706. The minimum atomic E-state index is -2.06. The molecule has 2 aliphatic carbocycles. The van der Waals surface area contributed by atoms with Crippen LogP contribution in [0.2, 0.25) is 18.1 Å². The molecule has 8 atom stereocenters. The molecule has 1 aliphatic heterocycles. The second-order valence-electron chi connectivity index (χ2n) is 14.0. The fraction of sp³-hybridized carbons (Fsp3) is 0.742. The zero-order valence-corrected chi connectivity index (χ0v) is 25.8. The third-order valence-electron chi connectivity index (χ3n) is 10.4. The number of rotatable bonds is 7. The second-order valence-corrected chi connectivity index (χ2v) is 18.7. The average molecular weight is 531 g/mol. The standard InChI is InChI=1S/C31H50O5Si/c1-12-13-21-24(36-37(10,11)29(4,5)6)16-30(7)22-14-19(2)15-23(34-18-33-9)26(22)20(3)27-28(30)31(21,8)17-25(32)35-27/h12,14-15,20-21,24-25,27-28,32H,1,13,16-18H2,2-11H3/t20-,21-,24-,25?,27+,28+,30+,31-/m1/s1. The molecule has 1 aromatic carbocycles. The number of aryl methyl sites for hydroxylation is 1. The SMILES string of the molecule is C=CC[C@@H]1[C@H](O[Si](C)(C)C(C)(C)C)C[C@@]2(C)c3cc(C)cc(OCOC)c3[C@@H](C)[C@@H]3OC(O)C[C@@]1(C)[C@@H]32. The number of hydrogen-bond donors (Lipinski definition) is 1. The number of allylic oxidation sites excluding steroid dienone is 1. The number of aliphatic hydroxyl groups excluding tert-OH is 1. The molecule has 1 saturated carbocycles. The van der Waals surface area contributed by atoms with Gasteiger partial charge in [0.1, 0.15) is 5.75 Å². The summed E-state index contributed by atoms with van der Waals surface area (Å²) >= 11 is 0. The van der Waals surface area contributed by atoms with E-state index in [1.54, 1.807) is 7.11 Å². The lowest BCUT2D eigenvalue weighted by atomic mass is 9.42. The summed E-state index contributed by atoms with van der Waals surface area (Å²) < 4.78 is 25.2. The van der Waals surface area contributed by atoms with Crippen LogP contribution in [-0.2, 0) is 19.3 Å². The van der Waals surface area contributed by atoms with Crippen molar-refractivity contribution in [2.75, 3.05) is 13.9 Å². The predicted molar refractivity (Wildman–Crippen MR) is 152 cm³/mol. The van der Waals surface area contributed by atoms with Crippen LogP contribution in [0, 0.1) is 24.2 Å². The first kappa shape index (κ1) is 28.8. The Morgan fingerprint density at radius 1 is 1.22 bits per heavy atom. The zero-order chi connectivity index (χ0) is 27.6. The Hall–Kier alpha value is -1.18. The molecule has 5 nitrogen and oxygen atoms in total. The van der Waals surface area contributed by atoms with Crippen LogP contribution < -0.4 is 4.74 Å². The Labute approximate surface area is 226 Å². The lowest BCUT2D eigenvalue weighted by molar-refractivity contribution is -0.275. The maximum atomic E-state index is 11.1. The van der Waals surface area contributed by atoms with Crippen molar-refractivity contribution in [1.82, 2.24) is 0 Å². The summed E-state index contributed by atoms with van der Waals surface area (Å²) in [6, 6.07) is 4.48. The molecule has 0 aromatic heterocycles. The molecule has 1 N–H and O–H groups in total. The summed E-state index contributed by atoms with van der Waals surface area (Å²) in [5.41, 5.74) is 3.36. The minimum Gasteiger partial charge on any atom is -0.467 e. The smallest absolute Gasteiger partial charge is 0.192 e. The summed E-state index contributed by atoms with van der Waals surface area (Å²) in [6.07, 6.45) is 3.62. The fourth-order valence-electron chi connectivity index (χ4n) is 7.85. The van der Waals surface area contributed by atoms with Gasteiger partial charge in [-0.2, -0.15) is 0 Å². The normalized spacial score (nSPS) is 37.5. The third-order valence-corrected chi connectivity index (χ3v) is 14.9. The van der Waals surface area contributed by atoms with Gasteiger partial charge >= 0.3 is 0 Å². The van der Waals surface area contributed by atoms with Crippen LogP contribution in [0.3, 0.4) is 0 Å². The predicted octanol–water partition coefficient (Wildman–Crippen LogP) is 7.07. The van der Waals surface area contributed by atoms with E-state index in [-0.39, 0.29) is 52.6 Å². The molecule has 1 heterocycles. The number of benzene rings is 1. The molecule has 6 heteroatoms. The van der Waals surface area contributed by atoms with Gasteiger partial charge in [0.05, 0.1) is 6.10 Å². The zero-order valence-electron chi connectivity index (χ0n) is 24.8. The fourth-order valence-corrected chi connectivity index (χ4v) is 9.20. The van der Waals surface area contributed by atoms with Crippen LogP contribution in [0.15, 0.2) is 24.8 Å². The van der Waals surface area contributed by atoms with E-state index in [1.807, 2.05) is 0 Å². The highest BCUT2D eigenvalue weighted by Gasteiger charge is 2.66. The van der Waals surface area contributed by atoms with Crippen molar-refractivity contribution in [2.45, 2.75) is 116 Å². The number of methoxy groups -OCH3 is 1. The maximum Gasteiger partial charge on any atom is 0.192 e. The van der Waals surface area contributed by atoms with Crippen LogP contribution in [-0.4, -0.2) is 45.8 Å². The summed E-state index contributed by atoms with van der Waals surface area (Å²) in [7, 11) is -0.406. The Morgan fingerprint density at radius 3 is 2.49 bits per heavy atom. The number of aliphatic hydroxyl groups is 1. The van der Waals surface area contributed by atoms with E-state index >= 15 is 0 Å². The van der Waals surface area contributed by atoms with Crippen molar-refractivity contribution in [3.05, 3.63) is 41.5 Å². The third kappa shape index (κ3) is 4.65. The van der Waals surface area contributed by atoms with Crippen molar-refractivity contribution < 1.29 is 23.7 Å². The number of hydrogen-bond acceptors (Lipinski definition) is 5. The molecule has 208 valence electrons. The lowest BCUT2D eigenvalue weighted by Gasteiger charge is -2.67. The number of ether oxygens (including phenoxy) is 3. The molecule has 1 saturated heterocycles. The largest absolute Gasteiger partial charge is 0.467 e. The van der Waals surface area contributed by atoms with Gasteiger partial charge in [0.2, 0.25) is 0 Å². The van der Waals surface area contributed by atoms with Crippen LogP contribution in [0.25, 0.3) is 0 Å². The van der Waals surface area contributed by atoms with Gasteiger partial charge in [0, 0.05) is 42.4 Å². The van der Waals surface area contributed by atoms with Gasteiger partial charge in [0.15, 0.2) is 21.4 Å².